The lowest BCUT2D eigenvalue weighted by Gasteiger charge is -2.34. The third-order valence-corrected chi connectivity index (χ3v) is 4.98. The van der Waals surface area contributed by atoms with Crippen molar-refractivity contribution < 1.29 is 9.53 Å². The van der Waals surface area contributed by atoms with E-state index in [-0.39, 0.29) is 36.0 Å². The molecule has 1 unspecified atom stereocenters. The van der Waals surface area contributed by atoms with Gasteiger partial charge in [0.2, 0.25) is 5.91 Å². The number of amides is 1. The van der Waals surface area contributed by atoms with Gasteiger partial charge >= 0.3 is 0 Å². The van der Waals surface area contributed by atoms with Crippen LogP contribution in [0, 0.1) is 5.92 Å². The van der Waals surface area contributed by atoms with Crippen molar-refractivity contribution in [3.05, 3.63) is 29.3 Å². The topological polar surface area (TPSA) is 66.0 Å². The molecule has 1 aliphatic heterocycles. The van der Waals surface area contributed by atoms with E-state index in [0.29, 0.717) is 29.7 Å². The smallest absolute Gasteiger partial charge is 0.220 e. The standard InChI is InChI=1S/C20H31ClN4O2.HI/c1-4-23-20(25-11-9-16(10-12-25)13-19(26)22-3)24-14-15(2)27-18-8-6-5-7-17(18)21;/h5-8,15-16H,4,9-14H2,1-3H3,(H,22,26)(H,23,24);1H. The minimum absolute atomic E-state index is 0. The summed E-state index contributed by atoms with van der Waals surface area (Å²) in [6, 6.07) is 7.48. The third kappa shape index (κ3) is 8.03. The fourth-order valence-corrected chi connectivity index (χ4v) is 3.33. The first-order chi connectivity index (χ1) is 13.0. The lowest BCUT2D eigenvalue weighted by molar-refractivity contribution is -0.121. The molecule has 1 atom stereocenters. The number of para-hydroxylation sites is 1. The van der Waals surface area contributed by atoms with Crippen LogP contribution in [0.25, 0.3) is 0 Å². The van der Waals surface area contributed by atoms with Crippen LogP contribution in [0.3, 0.4) is 0 Å². The summed E-state index contributed by atoms with van der Waals surface area (Å²) >= 11 is 6.15. The number of hydrogen-bond donors (Lipinski definition) is 2. The van der Waals surface area contributed by atoms with E-state index in [9.17, 15) is 4.79 Å². The zero-order valence-electron chi connectivity index (χ0n) is 16.9. The lowest BCUT2D eigenvalue weighted by Crippen LogP contribution is -2.46. The lowest BCUT2D eigenvalue weighted by atomic mass is 9.93. The van der Waals surface area contributed by atoms with E-state index >= 15 is 0 Å². The molecule has 6 nitrogen and oxygen atoms in total. The molecule has 2 rings (SSSR count). The van der Waals surface area contributed by atoms with Crippen LogP contribution in [-0.4, -0.2) is 56.1 Å². The second-order valence-electron chi connectivity index (χ2n) is 6.86. The first-order valence-corrected chi connectivity index (χ1v) is 10.1. The number of piperidine rings is 1. The minimum atomic E-state index is -0.0793. The van der Waals surface area contributed by atoms with E-state index in [4.69, 9.17) is 21.3 Å². The van der Waals surface area contributed by atoms with Crippen LogP contribution in [0.2, 0.25) is 5.02 Å². The van der Waals surface area contributed by atoms with E-state index in [0.717, 1.165) is 38.4 Å². The molecule has 1 heterocycles. The Kier molecular flexibility index (Phi) is 11.6. The number of aliphatic imine (C=N–C) groups is 1. The van der Waals surface area contributed by atoms with Gasteiger partial charge in [-0.2, -0.15) is 0 Å². The molecule has 8 heteroatoms. The molecule has 0 bridgehead atoms. The highest BCUT2D eigenvalue weighted by Gasteiger charge is 2.23. The Hall–Kier alpha value is -1.22. The predicted octanol–water partition coefficient (Wildman–Crippen LogP) is 3.54. The Morgan fingerprint density at radius 2 is 2.04 bits per heavy atom. The Morgan fingerprint density at radius 1 is 1.36 bits per heavy atom. The molecule has 1 aliphatic rings. The molecule has 1 aromatic carbocycles. The fourth-order valence-electron chi connectivity index (χ4n) is 3.15. The molecule has 0 radical (unpaired) electrons. The maximum atomic E-state index is 11.6. The third-order valence-electron chi connectivity index (χ3n) is 4.66. The average molecular weight is 523 g/mol. The van der Waals surface area contributed by atoms with Crippen molar-refractivity contribution in [1.29, 1.82) is 0 Å². The van der Waals surface area contributed by atoms with Gasteiger partial charge in [0.1, 0.15) is 11.9 Å². The van der Waals surface area contributed by atoms with E-state index in [1.807, 2.05) is 31.2 Å². The van der Waals surface area contributed by atoms with Crippen LogP contribution in [-0.2, 0) is 4.79 Å². The number of benzene rings is 1. The van der Waals surface area contributed by atoms with Crippen molar-refractivity contribution in [2.45, 2.75) is 39.2 Å². The summed E-state index contributed by atoms with van der Waals surface area (Å²) in [6.45, 7) is 7.24. The maximum absolute atomic E-state index is 11.6. The molecular weight excluding hydrogens is 491 g/mol. The van der Waals surface area contributed by atoms with E-state index in [1.54, 1.807) is 7.05 Å². The number of likely N-dealkylation sites (tertiary alicyclic amines) is 1. The summed E-state index contributed by atoms with van der Waals surface area (Å²) < 4.78 is 5.90. The molecule has 0 spiro atoms. The maximum Gasteiger partial charge on any atom is 0.220 e. The number of guanidine groups is 1. The Labute approximate surface area is 190 Å². The van der Waals surface area contributed by atoms with E-state index < -0.39 is 0 Å². The molecule has 1 aromatic rings. The quantitative estimate of drug-likeness (QED) is 0.327. The van der Waals surface area contributed by atoms with Gasteiger partial charge in [-0.3, -0.25) is 4.79 Å². The van der Waals surface area contributed by atoms with Crippen LogP contribution in [0.15, 0.2) is 29.3 Å². The van der Waals surface area contributed by atoms with Crippen molar-refractivity contribution in [3.8, 4) is 5.75 Å². The van der Waals surface area contributed by atoms with Crippen LogP contribution >= 0.6 is 35.6 Å². The van der Waals surface area contributed by atoms with E-state index in [2.05, 4.69) is 22.5 Å². The van der Waals surface area contributed by atoms with Gasteiger partial charge in [-0.25, -0.2) is 4.99 Å². The highest BCUT2D eigenvalue weighted by molar-refractivity contribution is 14.0. The zero-order chi connectivity index (χ0) is 19.6. The number of rotatable bonds is 7. The molecule has 1 saturated heterocycles. The molecule has 0 saturated carbocycles. The zero-order valence-corrected chi connectivity index (χ0v) is 20.0. The van der Waals surface area contributed by atoms with Gasteiger partial charge in [0, 0.05) is 33.1 Å². The molecule has 0 aliphatic carbocycles. The van der Waals surface area contributed by atoms with Crippen molar-refractivity contribution in [3.63, 3.8) is 0 Å². The SMILES string of the molecule is CCNC(=NCC(C)Oc1ccccc1Cl)N1CCC(CC(=O)NC)CC1.I. The number of hydrogen-bond acceptors (Lipinski definition) is 3. The van der Waals surface area contributed by atoms with Crippen LogP contribution in [0.4, 0.5) is 0 Å². The average Bonchev–Trinajstić information content (AvgIpc) is 2.67. The van der Waals surface area contributed by atoms with Gasteiger partial charge in [-0.1, -0.05) is 23.7 Å². The summed E-state index contributed by atoms with van der Waals surface area (Å²) in [5, 5.41) is 6.69. The van der Waals surface area contributed by atoms with Gasteiger partial charge < -0.3 is 20.3 Å². The normalized spacial score (nSPS) is 16.1. The number of carbonyl (C=O) groups is 1. The van der Waals surface area contributed by atoms with Gasteiger partial charge in [0.05, 0.1) is 11.6 Å². The van der Waals surface area contributed by atoms with Crippen LogP contribution in [0.5, 0.6) is 5.75 Å². The molecule has 0 aromatic heterocycles. The Balaban J connectivity index is 0.00000392. The highest BCUT2D eigenvalue weighted by Crippen LogP contribution is 2.24. The first-order valence-electron chi connectivity index (χ1n) is 9.68. The molecular formula is C20H32ClIN4O2. The second-order valence-corrected chi connectivity index (χ2v) is 7.27. The van der Waals surface area contributed by atoms with Crippen molar-refractivity contribution in [1.82, 2.24) is 15.5 Å². The Morgan fingerprint density at radius 3 is 2.64 bits per heavy atom. The summed E-state index contributed by atoms with van der Waals surface area (Å²) in [7, 11) is 1.69. The second kappa shape index (κ2) is 13.1. The van der Waals surface area contributed by atoms with Crippen LogP contribution < -0.4 is 15.4 Å². The van der Waals surface area contributed by atoms with Crippen LogP contribution in [0.1, 0.15) is 33.1 Å². The summed E-state index contributed by atoms with van der Waals surface area (Å²) in [4.78, 5) is 18.6. The number of halogens is 2. The predicted molar refractivity (Wildman–Crippen MR) is 126 cm³/mol. The van der Waals surface area contributed by atoms with Gasteiger partial charge in [-0.15, -0.1) is 24.0 Å². The highest BCUT2D eigenvalue weighted by atomic mass is 127. The fraction of sp³-hybridized carbons (Fsp3) is 0.600. The monoisotopic (exact) mass is 522 g/mol. The number of ether oxygens (including phenoxy) is 1. The molecule has 2 N–H and O–H groups in total. The number of carbonyl (C=O) groups excluding carboxylic acids is 1. The molecule has 1 fully saturated rings. The molecule has 158 valence electrons. The summed E-state index contributed by atoms with van der Waals surface area (Å²) in [5.74, 6) is 2.17. The minimum Gasteiger partial charge on any atom is -0.487 e. The first kappa shape index (κ1) is 24.8. The summed E-state index contributed by atoms with van der Waals surface area (Å²) in [5.41, 5.74) is 0. The van der Waals surface area contributed by atoms with Crippen molar-refractivity contribution in [2.24, 2.45) is 10.9 Å². The summed E-state index contributed by atoms with van der Waals surface area (Å²) in [6.07, 6.45) is 2.54. The van der Waals surface area contributed by atoms with E-state index in [1.165, 1.54) is 0 Å². The molecule has 28 heavy (non-hydrogen) atoms. The van der Waals surface area contributed by atoms with Gasteiger partial charge in [0.15, 0.2) is 5.96 Å². The van der Waals surface area contributed by atoms with Crippen molar-refractivity contribution in [2.75, 3.05) is 33.2 Å². The largest absolute Gasteiger partial charge is 0.487 e. The Bertz CT molecular complexity index is 636. The van der Waals surface area contributed by atoms with Gasteiger partial charge in [0.25, 0.3) is 0 Å². The number of nitrogens with one attached hydrogen (secondary N) is 2. The van der Waals surface area contributed by atoms with Gasteiger partial charge in [-0.05, 0) is 44.7 Å². The molecule has 1 amide bonds. The van der Waals surface area contributed by atoms with Crippen molar-refractivity contribution >= 4 is 47.4 Å². The number of nitrogens with zero attached hydrogens (tertiary/aromatic N) is 2.